The second-order valence-corrected chi connectivity index (χ2v) is 3.81. The lowest BCUT2D eigenvalue weighted by Crippen LogP contribution is -2.29. The molecule has 1 rings (SSSR count). The van der Waals surface area contributed by atoms with Gasteiger partial charge in [-0.05, 0) is 38.1 Å². The maximum atomic E-state index is 9.50. The molecule has 0 spiro atoms. The predicted molar refractivity (Wildman–Crippen MR) is 52.7 cm³/mol. The summed E-state index contributed by atoms with van der Waals surface area (Å²) in [5.74, 6) is 0.589. The van der Waals surface area contributed by atoms with Gasteiger partial charge in [-0.2, -0.15) is 0 Å². The molecule has 3 nitrogen and oxygen atoms in total. The van der Waals surface area contributed by atoms with Crippen molar-refractivity contribution in [3.63, 3.8) is 0 Å². The monoisotopic (exact) mass is 187 g/mol. The van der Waals surface area contributed by atoms with Crippen molar-refractivity contribution in [2.24, 2.45) is 5.92 Å². The van der Waals surface area contributed by atoms with E-state index >= 15 is 0 Å². The van der Waals surface area contributed by atoms with Gasteiger partial charge in [0.05, 0.1) is 6.10 Å². The number of aliphatic hydroxyl groups excluding tert-OH is 1. The zero-order chi connectivity index (χ0) is 9.52. The van der Waals surface area contributed by atoms with Gasteiger partial charge in [-0.15, -0.1) is 0 Å². The molecule has 0 amide bonds. The van der Waals surface area contributed by atoms with E-state index in [4.69, 9.17) is 4.74 Å². The van der Waals surface area contributed by atoms with Crippen LogP contribution < -0.4 is 5.32 Å². The van der Waals surface area contributed by atoms with E-state index < -0.39 is 0 Å². The molecule has 0 radical (unpaired) electrons. The van der Waals surface area contributed by atoms with Gasteiger partial charge < -0.3 is 15.2 Å². The van der Waals surface area contributed by atoms with Gasteiger partial charge in [-0.25, -0.2) is 0 Å². The van der Waals surface area contributed by atoms with Crippen LogP contribution in [0.25, 0.3) is 0 Å². The molecule has 1 atom stereocenters. The molecule has 1 aliphatic rings. The number of hydrogen-bond donors (Lipinski definition) is 2. The molecule has 3 heteroatoms. The van der Waals surface area contributed by atoms with Gasteiger partial charge in [0.1, 0.15) is 0 Å². The highest BCUT2D eigenvalue weighted by Gasteiger charge is 2.28. The normalized spacial score (nSPS) is 18.9. The van der Waals surface area contributed by atoms with Gasteiger partial charge >= 0.3 is 0 Å². The van der Waals surface area contributed by atoms with E-state index in [2.05, 4.69) is 5.32 Å². The maximum absolute atomic E-state index is 9.50. The summed E-state index contributed by atoms with van der Waals surface area (Å²) in [5.41, 5.74) is 0. The second-order valence-electron chi connectivity index (χ2n) is 3.81. The van der Waals surface area contributed by atoms with Gasteiger partial charge in [-0.1, -0.05) is 0 Å². The number of unbranched alkanes of at least 4 members (excludes halogenated alkanes) is 1. The molecule has 0 heterocycles. The van der Waals surface area contributed by atoms with E-state index in [1.54, 1.807) is 7.11 Å². The van der Waals surface area contributed by atoms with Crippen molar-refractivity contribution in [2.75, 3.05) is 26.8 Å². The van der Waals surface area contributed by atoms with Crippen LogP contribution in [-0.2, 0) is 4.74 Å². The minimum Gasteiger partial charge on any atom is -0.392 e. The summed E-state index contributed by atoms with van der Waals surface area (Å²) >= 11 is 0. The van der Waals surface area contributed by atoms with E-state index in [0.29, 0.717) is 5.92 Å². The number of nitrogens with one attached hydrogen (secondary N) is 1. The highest BCUT2D eigenvalue weighted by molar-refractivity contribution is 4.81. The first kappa shape index (κ1) is 11.0. The second kappa shape index (κ2) is 6.35. The maximum Gasteiger partial charge on any atom is 0.0692 e. The van der Waals surface area contributed by atoms with Crippen LogP contribution in [0.5, 0.6) is 0 Å². The molecule has 78 valence electrons. The fraction of sp³-hybridized carbons (Fsp3) is 1.00. The molecule has 0 aliphatic heterocycles. The fourth-order valence-electron chi connectivity index (χ4n) is 1.39. The van der Waals surface area contributed by atoms with Crippen molar-refractivity contribution in [1.29, 1.82) is 0 Å². The summed E-state index contributed by atoms with van der Waals surface area (Å²) in [5, 5.41) is 12.8. The molecule has 0 aromatic carbocycles. The van der Waals surface area contributed by atoms with Crippen molar-refractivity contribution in [3.8, 4) is 0 Å². The van der Waals surface area contributed by atoms with E-state index in [0.717, 1.165) is 32.5 Å². The third-order valence-electron chi connectivity index (χ3n) is 2.47. The average molecular weight is 187 g/mol. The van der Waals surface area contributed by atoms with Gasteiger partial charge in [0.2, 0.25) is 0 Å². The highest BCUT2D eigenvalue weighted by Crippen LogP contribution is 2.32. The topological polar surface area (TPSA) is 41.5 Å². The summed E-state index contributed by atoms with van der Waals surface area (Å²) in [7, 11) is 1.73. The number of methoxy groups -OCH3 is 1. The zero-order valence-corrected chi connectivity index (χ0v) is 8.46. The number of ether oxygens (including phenoxy) is 1. The molecule has 0 saturated heterocycles. The summed E-state index contributed by atoms with van der Waals surface area (Å²) in [6, 6.07) is 0. The Hall–Kier alpha value is -0.120. The van der Waals surface area contributed by atoms with Crippen LogP contribution in [-0.4, -0.2) is 38.0 Å². The molecular formula is C10H21NO2. The van der Waals surface area contributed by atoms with E-state index in [-0.39, 0.29) is 6.10 Å². The lowest BCUT2D eigenvalue weighted by Gasteiger charge is -2.09. The van der Waals surface area contributed by atoms with Gasteiger partial charge in [-0.3, -0.25) is 0 Å². The number of aliphatic hydroxyl groups is 1. The molecule has 0 aromatic heterocycles. The first-order valence-electron chi connectivity index (χ1n) is 5.22. The first-order valence-corrected chi connectivity index (χ1v) is 5.22. The van der Waals surface area contributed by atoms with Crippen LogP contribution in [0, 0.1) is 5.92 Å². The average Bonchev–Trinajstić information content (AvgIpc) is 2.93. The van der Waals surface area contributed by atoms with Crippen molar-refractivity contribution >= 4 is 0 Å². The molecule has 0 bridgehead atoms. The predicted octanol–water partition coefficient (Wildman–Crippen LogP) is 0.773. The Morgan fingerprint density at radius 2 is 2.23 bits per heavy atom. The van der Waals surface area contributed by atoms with Crippen molar-refractivity contribution in [2.45, 2.75) is 31.8 Å². The Balaban J connectivity index is 1.77. The van der Waals surface area contributed by atoms with Crippen molar-refractivity contribution in [3.05, 3.63) is 0 Å². The van der Waals surface area contributed by atoms with Crippen LogP contribution in [0.2, 0.25) is 0 Å². The van der Waals surface area contributed by atoms with Crippen molar-refractivity contribution in [1.82, 2.24) is 5.32 Å². The zero-order valence-electron chi connectivity index (χ0n) is 8.46. The lowest BCUT2D eigenvalue weighted by atomic mass is 10.2. The van der Waals surface area contributed by atoms with Crippen LogP contribution in [0.4, 0.5) is 0 Å². The summed E-state index contributed by atoms with van der Waals surface area (Å²) < 4.78 is 4.94. The largest absolute Gasteiger partial charge is 0.392 e. The van der Waals surface area contributed by atoms with Gasteiger partial charge in [0.15, 0.2) is 0 Å². The number of hydrogen-bond acceptors (Lipinski definition) is 3. The Kier molecular flexibility index (Phi) is 5.35. The third kappa shape index (κ3) is 5.24. The van der Waals surface area contributed by atoms with E-state index in [1.165, 1.54) is 12.8 Å². The Morgan fingerprint density at radius 1 is 1.46 bits per heavy atom. The molecule has 2 N–H and O–H groups in total. The minimum absolute atomic E-state index is 0.109. The number of rotatable bonds is 8. The van der Waals surface area contributed by atoms with E-state index in [1.807, 2.05) is 0 Å². The van der Waals surface area contributed by atoms with Crippen LogP contribution in [0.1, 0.15) is 25.7 Å². The third-order valence-corrected chi connectivity index (χ3v) is 2.47. The summed E-state index contributed by atoms with van der Waals surface area (Å²) in [6.45, 7) is 2.59. The van der Waals surface area contributed by atoms with Crippen LogP contribution in [0.15, 0.2) is 0 Å². The quantitative estimate of drug-likeness (QED) is 0.552. The molecule has 0 aromatic rings. The molecular weight excluding hydrogens is 166 g/mol. The summed E-state index contributed by atoms with van der Waals surface area (Å²) in [4.78, 5) is 0. The van der Waals surface area contributed by atoms with Gasteiger partial charge in [0.25, 0.3) is 0 Å². The lowest BCUT2D eigenvalue weighted by molar-refractivity contribution is 0.148. The highest BCUT2D eigenvalue weighted by atomic mass is 16.5. The fourth-order valence-corrected chi connectivity index (χ4v) is 1.39. The first-order chi connectivity index (χ1) is 6.34. The molecule has 1 fully saturated rings. The van der Waals surface area contributed by atoms with Gasteiger partial charge in [0, 0.05) is 20.3 Å². The molecule has 13 heavy (non-hydrogen) atoms. The Bertz CT molecular complexity index is 126. The Morgan fingerprint density at radius 3 is 2.85 bits per heavy atom. The van der Waals surface area contributed by atoms with Crippen LogP contribution in [0.3, 0.4) is 0 Å². The standard InChI is InChI=1S/C10H21NO2/c1-13-7-3-2-6-11-8-10(12)9-4-5-9/h9-12H,2-8H2,1H3. The van der Waals surface area contributed by atoms with E-state index in [9.17, 15) is 5.11 Å². The van der Waals surface area contributed by atoms with Crippen molar-refractivity contribution < 1.29 is 9.84 Å². The Labute approximate surface area is 80.5 Å². The molecule has 1 saturated carbocycles. The molecule has 1 aliphatic carbocycles. The minimum atomic E-state index is -0.109. The molecule has 1 unspecified atom stereocenters. The smallest absolute Gasteiger partial charge is 0.0692 e. The summed E-state index contributed by atoms with van der Waals surface area (Å²) in [6.07, 6.45) is 4.55. The SMILES string of the molecule is COCCCCNCC(O)C1CC1. The van der Waals surface area contributed by atoms with Crippen LogP contribution >= 0.6 is 0 Å².